The second-order valence-corrected chi connectivity index (χ2v) is 8.28. The van der Waals surface area contributed by atoms with Gasteiger partial charge in [-0.1, -0.05) is 25.1 Å². The number of nitriles is 1. The summed E-state index contributed by atoms with van der Waals surface area (Å²) in [5, 5.41) is 8.88. The lowest BCUT2D eigenvalue weighted by Gasteiger charge is -2.11. The lowest BCUT2D eigenvalue weighted by atomic mass is 10.1. The van der Waals surface area contributed by atoms with Gasteiger partial charge in [0, 0.05) is 0 Å². The van der Waals surface area contributed by atoms with Gasteiger partial charge < -0.3 is 0 Å². The number of aryl methyl sites for hydroxylation is 1. The van der Waals surface area contributed by atoms with Crippen molar-refractivity contribution in [2.45, 2.75) is 23.1 Å². The van der Waals surface area contributed by atoms with Crippen LogP contribution in [0, 0.1) is 11.3 Å². The summed E-state index contributed by atoms with van der Waals surface area (Å²) in [5.41, 5.74) is 0.687. The second-order valence-electron chi connectivity index (χ2n) is 4.69. The molecular weight excluding hydrogens is 336 g/mol. The zero-order chi connectivity index (χ0) is 17.1. The molecule has 2 aromatic rings. The van der Waals surface area contributed by atoms with Crippen LogP contribution in [0.3, 0.4) is 0 Å². The average molecular weight is 350 g/mol. The van der Waals surface area contributed by atoms with Gasteiger partial charge in [-0.25, -0.2) is 16.8 Å². The average Bonchev–Trinajstić information content (AvgIpc) is 2.54. The smallest absolute Gasteiger partial charge is 0.206 e. The molecule has 0 aliphatic carbocycles. The van der Waals surface area contributed by atoms with Crippen molar-refractivity contribution in [3.63, 3.8) is 0 Å². The van der Waals surface area contributed by atoms with Gasteiger partial charge in [-0.3, -0.25) is 0 Å². The number of nitrogens with one attached hydrogen (secondary N) is 1. The molecule has 0 heterocycles. The maximum absolute atomic E-state index is 12.4. The topological polar surface area (TPSA) is 104 Å². The molecule has 0 amide bonds. The Kier molecular flexibility index (Phi) is 4.85. The van der Waals surface area contributed by atoms with E-state index in [1.807, 2.05) is 6.07 Å². The van der Waals surface area contributed by atoms with Crippen LogP contribution in [-0.2, 0) is 26.5 Å². The standard InChI is InChI=1S/C15H14N2O4S2/c1-2-13-10-12(11-16)8-9-15(13)23(20,21)17-22(18,19)14-6-4-3-5-7-14/h3-10,17H,2H2,1H3. The molecule has 0 saturated carbocycles. The van der Waals surface area contributed by atoms with Crippen LogP contribution in [0.25, 0.3) is 0 Å². The molecule has 2 aromatic carbocycles. The molecule has 0 unspecified atom stereocenters. The predicted molar refractivity (Wildman–Crippen MR) is 84.5 cm³/mol. The number of sulfonamides is 2. The van der Waals surface area contributed by atoms with Crippen molar-refractivity contribution in [1.29, 1.82) is 5.26 Å². The summed E-state index contributed by atoms with van der Waals surface area (Å²) in [6.07, 6.45) is 0.344. The van der Waals surface area contributed by atoms with Crippen molar-refractivity contribution in [2.24, 2.45) is 0 Å². The number of hydrogen-bond donors (Lipinski definition) is 1. The maximum Gasteiger partial charge on any atom is 0.254 e. The first kappa shape index (κ1) is 17.1. The lowest BCUT2D eigenvalue weighted by molar-refractivity contribution is 0.576. The summed E-state index contributed by atoms with van der Waals surface area (Å²) >= 11 is 0. The van der Waals surface area contributed by atoms with Gasteiger partial charge in [-0.15, -0.1) is 4.13 Å². The van der Waals surface area contributed by atoms with Crippen molar-refractivity contribution in [2.75, 3.05) is 0 Å². The largest absolute Gasteiger partial charge is 0.254 e. The maximum atomic E-state index is 12.4. The fourth-order valence-corrected chi connectivity index (χ4v) is 5.24. The van der Waals surface area contributed by atoms with Gasteiger partial charge in [0.05, 0.1) is 21.4 Å². The molecule has 0 aromatic heterocycles. The number of hydrogen-bond acceptors (Lipinski definition) is 5. The fourth-order valence-electron chi connectivity index (χ4n) is 2.02. The van der Waals surface area contributed by atoms with Gasteiger partial charge in [0.2, 0.25) is 0 Å². The first-order valence-corrected chi connectivity index (χ1v) is 9.63. The second kappa shape index (κ2) is 6.50. The summed E-state index contributed by atoms with van der Waals surface area (Å²) in [6, 6.07) is 13.2. The Labute approximate surface area is 135 Å². The highest BCUT2D eigenvalue weighted by molar-refractivity contribution is 8.04. The summed E-state index contributed by atoms with van der Waals surface area (Å²) in [5.74, 6) is 0. The van der Waals surface area contributed by atoms with E-state index in [-0.39, 0.29) is 9.79 Å². The van der Waals surface area contributed by atoms with Crippen LogP contribution in [0.15, 0.2) is 58.3 Å². The molecule has 6 nitrogen and oxygen atoms in total. The van der Waals surface area contributed by atoms with Crippen LogP contribution in [0.5, 0.6) is 0 Å². The van der Waals surface area contributed by atoms with Gasteiger partial charge in [0.25, 0.3) is 20.0 Å². The lowest BCUT2D eigenvalue weighted by Crippen LogP contribution is -2.31. The van der Waals surface area contributed by atoms with Crippen molar-refractivity contribution in [3.8, 4) is 6.07 Å². The van der Waals surface area contributed by atoms with Gasteiger partial charge in [-0.05, 0) is 42.3 Å². The molecule has 0 bridgehead atoms. The SMILES string of the molecule is CCc1cc(C#N)ccc1S(=O)(=O)NS(=O)(=O)c1ccccc1. The molecule has 120 valence electrons. The molecule has 0 aliphatic heterocycles. The minimum absolute atomic E-state index is 0.143. The van der Waals surface area contributed by atoms with E-state index in [0.717, 1.165) is 0 Å². The van der Waals surface area contributed by atoms with Gasteiger partial charge in [0.15, 0.2) is 0 Å². The minimum atomic E-state index is -4.28. The molecule has 23 heavy (non-hydrogen) atoms. The quantitative estimate of drug-likeness (QED) is 0.885. The normalized spacial score (nSPS) is 11.8. The van der Waals surface area contributed by atoms with Gasteiger partial charge >= 0.3 is 0 Å². The van der Waals surface area contributed by atoms with Gasteiger partial charge in [0.1, 0.15) is 0 Å². The van der Waals surface area contributed by atoms with E-state index >= 15 is 0 Å². The highest BCUT2D eigenvalue weighted by atomic mass is 32.3. The summed E-state index contributed by atoms with van der Waals surface area (Å²) in [4.78, 5) is -0.297. The predicted octanol–water partition coefficient (Wildman–Crippen LogP) is 1.79. The molecule has 0 atom stereocenters. The Bertz CT molecular complexity index is 960. The van der Waals surface area contributed by atoms with Crippen LogP contribution < -0.4 is 4.13 Å². The van der Waals surface area contributed by atoms with Crippen LogP contribution >= 0.6 is 0 Å². The Balaban J connectivity index is 2.46. The molecule has 2 rings (SSSR count). The third-order valence-corrected chi connectivity index (χ3v) is 6.76. The zero-order valence-electron chi connectivity index (χ0n) is 12.2. The molecule has 8 heteroatoms. The number of benzene rings is 2. The first-order chi connectivity index (χ1) is 10.8. The highest BCUT2D eigenvalue weighted by Crippen LogP contribution is 2.20. The van der Waals surface area contributed by atoms with E-state index in [9.17, 15) is 16.8 Å². The Hall–Kier alpha value is -2.21. The van der Waals surface area contributed by atoms with E-state index in [2.05, 4.69) is 0 Å². The van der Waals surface area contributed by atoms with Crippen LogP contribution in [0.4, 0.5) is 0 Å². The van der Waals surface area contributed by atoms with Gasteiger partial charge in [-0.2, -0.15) is 5.26 Å². The van der Waals surface area contributed by atoms with E-state index in [4.69, 9.17) is 5.26 Å². The Morgan fingerprint density at radius 1 is 1.00 bits per heavy atom. The summed E-state index contributed by atoms with van der Waals surface area (Å²) in [7, 11) is -8.49. The highest BCUT2D eigenvalue weighted by Gasteiger charge is 2.26. The zero-order valence-corrected chi connectivity index (χ0v) is 13.9. The van der Waals surface area contributed by atoms with E-state index < -0.39 is 20.0 Å². The molecular formula is C15H14N2O4S2. The third kappa shape index (κ3) is 3.76. The molecule has 0 spiro atoms. The Morgan fingerprint density at radius 2 is 1.65 bits per heavy atom. The van der Waals surface area contributed by atoms with Crippen molar-refractivity contribution in [3.05, 3.63) is 59.7 Å². The monoisotopic (exact) mass is 350 g/mol. The fraction of sp³-hybridized carbons (Fsp3) is 0.133. The van der Waals surface area contributed by atoms with Crippen molar-refractivity contribution >= 4 is 20.0 Å². The van der Waals surface area contributed by atoms with Crippen LogP contribution in [0.1, 0.15) is 18.1 Å². The molecule has 0 radical (unpaired) electrons. The van der Waals surface area contributed by atoms with E-state index in [0.29, 0.717) is 17.5 Å². The molecule has 0 aliphatic rings. The molecule has 0 fully saturated rings. The number of rotatable bonds is 5. The minimum Gasteiger partial charge on any atom is -0.206 e. The first-order valence-electron chi connectivity index (χ1n) is 6.67. The summed E-state index contributed by atoms with van der Waals surface area (Å²) < 4.78 is 51.0. The van der Waals surface area contributed by atoms with Crippen molar-refractivity contribution in [1.82, 2.24) is 4.13 Å². The molecule has 1 N–H and O–H groups in total. The van der Waals surface area contributed by atoms with Crippen LogP contribution in [-0.4, -0.2) is 16.8 Å². The number of nitrogens with zero attached hydrogens (tertiary/aromatic N) is 1. The van der Waals surface area contributed by atoms with Crippen molar-refractivity contribution < 1.29 is 16.8 Å². The molecule has 0 saturated heterocycles. The summed E-state index contributed by atoms with van der Waals surface area (Å²) in [6.45, 7) is 1.72. The van der Waals surface area contributed by atoms with Crippen LogP contribution in [0.2, 0.25) is 0 Å². The van der Waals surface area contributed by atoms with E-state index in [1.54, 1.807) is 17.1 Å². The van der Waals surface area contributed by atoms with E-state index in [1.165, 1.54) is 42.5 Å². The Morgan fingerprint density at radius 3 is 2.22 bits per heavy atom. The third-order valence-electron chi connectivity index (χ3n) is 3.13.